The molecule has 3 heteroatoms. The van der Waals surface area contributed by atoms with E-state index < -0.39 is 0 Å². The second kappa shape index (κ2) is 4.40. The predicted molar refractivity (Wildman–Crippen MR) is 56.2 cm³/mol. The van der Waals surface area contributed by atoms with Crippen LogP contribution < -0.4 is 0 Å². The van der Waals surface area contributed by atoms with Gasteiger partial charge < -0.3 is 4.74 Å². The number of hydrogen-bond donors (Lipinski definition) is 0. The Bertz CT molecular complexity index is 292. The lowest BCUT2D eigenvalue weighted by molar-refractivity contribution is -0.139. The first-order valence-corrected chi connectivity index (χ1v) is 4.99. The van der Waals surface area contributed by atoms with Gasteiger partial charge in [-0.3, -0.25) is 4.99 Å². The summed E-state index contributed by atoms with van der Waals surface area (Å²) in [7, 11) is 0. The van der Waals surface area contributed by atoms with Gasteiger partial charge in [0.25, 0.3) is 0 Å². The van der Waals surface area contributed by atoms with E-state index in [4.69, 9.17) is 4.74 Å². The molecule has 2 unspecified atom stereocenters. The zero-order chi connectivity index (χ0) is 10.7. The number of esters is 1. The molecule has 0 saturated carbocycles. The third kappa shape index (κ3) is 2.03. The van der Waals surface area contributed by atoms with Crippen molar-refractivity contribution < 1.29 is 9.53 Å². The summed E-state index contributed by atoms with van der Waals surface area (Å²) >= 11 is 0. The molecule has 1 aliphatic rings. The Kier molecular flexibility index (Phi) is 3.44. The van der Waals surface area contributed by atoms with Crippen molar-refractivity contribution in [1.82, 2.24) is 0 Å². The number of ether oxygens (including phenoxy) is 1. The van der Waals surface area contributed by atoms with Gasteiger partial charge in [-0.1, -0.05) is 13.8 Å². The zero-order valence-corrected chi connectivity index (χ0v) is 9.20. The van der Waals surface area contributed by atoms with E-state index in [2.05, 4.69) is 11.9 Å². The average Bonchev–Trinajstić information content (AvgIpc) is 2.15. The quantitative estimate of drug-likeness (QED) is 0.633. The molecule has 0 N–H and O–H groups in total. The van der Waals surface area contributed by atoms with Crippen molar-refractivity contribution in [2.24, 2.45) is 16.8 Å². The first kappa shape index (κ1) is 11.0. The fourth-order valence-electron chi connectivity index (χ4n) is 1.49. The first-order chi connectivity index (χ1) is 6.57. The Balaban J connectivity index is 2.84. The molecule has 0 aliphatic carbocycles. The highest BCUT2D eigenvalue weighted by Gasteiger charge is 2.27. The van der Waals surface area contributed by atoms with E-state index in [1.54, 1.807) is 6.20 Å². The van der Waals surface area contributed by atoms with Gasteiger partial charge in [-0.15, -0.1) is 0 Å². The van der Waals surface area contributed by atoms with Crippen molar-refractivity contribution in [3.63, 3.8) is 0 Å². The van der Waals surface area contributed by atoms with Crippen LogP contribution in [0, 0.1) is 11.8 Å². The van der Waals surface area contributed by atoms with Crippen LogP contribution in [-0.2, 0) is 9.53 Å². The van der Waals surface area contributed by atoms with Gasteiger partial charge in [0.05, 0.1) is 12.2 Å². The molecule has 0 radical (unpaired) electrons. The van der Waals surface area contributed by atoms with Crippen molar-refractivity contribution in [3.05, 3.63) is 11.8 Å². The van der Waals surface area contributed by atoms with Crippen molar-refractivity contribution >= 4 is 11.7 Å². The van der Waals surface area contributed by atoms with Gasteiger partial charge in [-0.05, 0) is 19.8 Å². The molecule has 0 bridgehead atoms. The van der Waals surface area contributed by atoms with Crippen LogP contribution in [0.25, 0.3) is 0 Å². The van der Waals surface area contributed by atoms with Crippen LogP contribution in [-0.4, -0.2) is 18.3 Å². The van der Waals surface area contributed by atoms with Gasteiger partial charge in [-0.25, -0.2) is 4.79 Å². The highest BCUT2D eigenvalue weighted by Crippen LogP contribution is 2.26. The smallest absolute Gasteiger partial charge is 0.335 e. The minimum atomic E-state index is -0.233. The second-order valence-corrected chi connectivity index (χ2v) is 3.65. The summed E-state index contributed by atoms with van der Waals surface area (Å²) in [5, 5.41) is 0. The average molecular weight is 195 g/mol. The van der Waals surface area contributed by atoms with Gasteiger partial charge in [-0.2, -0.15) is 0 Å². The maximum Gasteiger partial charge on any atom is 0.335 e. The normalized spacial score (nSPS) is 26.6. The van der Waals surface area contributed by atoms with Crippen LogP contribution in [0.2, 0.25) is 0 Å². The van der Waals surface area contributed by atoms with Gasteiger partial charge in [0, 0.05) is 17.8 Å². The molecule has 0 aromatic heterocycles. The molecule has 0 saturated heterocycles. The van der Waals surface area contributed by atoms with Crippen molar-refractivity contribution in [3.8, 4) is 0 Å². The van der Waals surface area contributed by atoms with E-state index >= 15 is 0 Å². The SMILES string of the molecule is CCOC(=O)C1=CN=C(C)C(C)C1C. The lowest BCUT2D eigenvalue weighted by atomic mass is 9.84. The van der Waals surface area contributed by atoms with E-state index in [-0.39, 0.29) is 11.9 Å². The maximum atomic E-state index is 11.5. The summed E-state index contributed by atoms with van der Waals surface area (Å²) in [6.45, 7) is 8.32. The van der Waals surface area contributed by atoms with Crippen molar-refractivity contribution in [2.45, 2.75) is 27.7 Å². The predicted octanol–water partition coefficient (Wildman–Crippen LogP) is 2.18. The van der Waals surface area contributed by atoms with Crippen LogP contribution in [0.5, 0.6) is 0 Å². The zero-order valence-electron chi connectivity index (χ0n) is 9.20. The number of hydrogen-bond acceptors (Lipinski definition) is 3. The van der Waals surface area contributed by atoms with E-state index in [0.717, 1.165) is 5.71 Å². The van der Waals surface area contributed by atoms with Gasteiger partial charge in [0.1, 0.15) is 0 Å². The Morgan fingerprint density at radius 2 is 2.14 bits per heavy atom. The Labute approximate surface area is 84.9 Å². The molecule has 0 aromatic rings. The van der Waals surface area contributed by atoms with E-state index in [1.165, 1.54) is 0 Å². The van der Waals surface area contributed by atoms with Crippen LogP contribution in [0.1, 0.15) is 27.7 Å². The van der Waals surface area contributed by atoms with Crippen LogP contribution >= 0.6 is 0 Å². The molecule has 3 nitrogen and oxygen atoms in total. The first-order valence-electron chi connectivity index (χ1n) is 4.99. The van der Waals surface area contributed by atoms with E-state index in [1.807, 2.05) is 20.8 Å². The molecule has 1 rings (SSSR count). The fourth-order valence-corrected chi connectivity index (χ4v) is 1.49. The minimum absolute atomic E-state index is 0.201. The molecule has 78 valence electrons. The molecule has 0 aromatic carbocycles. The van der Waals surface area contributed by atoms with Crippen LogP contribution in [0.4, 0.5) is 0 Å². The lowest BCUT2D eigenvalue weighted by Crippen LogP contribution is -2.26. The van der Waals surface area contributed by atoms with Gasteiger partial charge in [0.15, 0.2) is 0 Å². The number of rotatable bonds is 2. The third-order valence-electron chi connectivity index (χ3n) is 2.82. The maximum absolute atomic E-state index is 11.5. The monoisotopic (exact) mass is 195 g/mol. The van der Waals surface area contributed by atoms with Crippen LogP contribution in [0.15, 0.2) is 16.8 Å². The number of carbonyl (C=O) groups excluding carboxylic acids is 1. The standard InChI is InChI=1S/C11H17NO2/c1-5-14-11(13)10-6-12-9(4)7(2)8(10)3/h6-8H,5H2,1-4H3. The Hall–Kier alpha value is -1.12. The molecular formula is C11H17NO2. The second-order valence-electron chi connectivity index (χ2n) is 3.65. The highest BCUT2D eigenvalue weighted by molar-refractivity contribution is 5.94. The molecule has 0 spiro atoms. The summed E-state index contributed by atoms with van der Waals surface area (Å²) < 4.78 is 4.96. The molecule has 2 atom stereocenters. The van der Waals surface area contributed by atoms with Gasteiger partial charge in [0.2, 0.25) is 0 Å². The largest absolute Gasteiger partial charge is 0.463 e. The Morgan fingerprint density at radius 1 is 1.50 bits per heavy atom. The number of nitrogens with zero attached hydrogens (tertiary/aromatic N) is 1. The van der Waals surface area contributed by atoms with Crippen molar-refractivity contribution in [1.29, 1.82) is 0 Å². The number of carbonyl (C=O) groups is 1. The molecule has 1 aliphatic heterocycles. The summed E-state index contributed by atoms with van der Waals surface area (Å²) in [6, 6.07) is 0. The molecule has 0 amide bonds. The topological polar surface area (TPSA) is 38.7 Å². The summed E-state index contributed by atoms with van der Waals surface area (Å²) in [6.07, 6.45) is 1.64. The molecule has 14 heavy (non-hydrogen) atoms. The summed E-state index contributed by atoms with van der Waals surface area (Å²) in [5.74, 6) is 0.286. The molecule has 0 fully saturated rings. The lowest BCUT2D eigenvalue weighted by Gasteiger charge is -2.24. The van der Waals surface area contributed by atoms with E-state index in [0.29, 0.717) is 18.1 Å². The van der Waals surface area contributed by atoms with Crippen LogP contribution in [0.3, 0.4) is 0 Å². The molecule has 1 heterocycles. The highest BCUT2D eigenvalue weighted by atomic mass is 16.5. The summed E-state index contributed by atoms with van der Waals surface area (Å²) in [4.78, 5) is 15.7. The van der Waals surface area contributed by atoms with Crippen molar-refractivity contribution in [2.75, 3.05) is 6.61 Å². The van der Waals surface area contributed by atoms with Gasteiger partial charge >= 0.3 is 5.97 Å². The minimum Gasteiger partial charge on any atom is -0.463 e. The summed E-state index contributed by atoms with van der Waals surface area (Å²) in [5.41, 5.74) is 1.76. The van der Waals surface area contributed by atoms with E-state index in [9.17, 15) is 4.79 Å². The number of aliphatic imine (C=N–C) groups is 1. The molecular weight excluding hydrogens is 178 g/mol. The Morgan fingerprint density at radius 3 is 2.71 bits per heavy atom. The third-order valence-corrected chi connectivity index (χ3v) is 2.82. The fraction of sp³-hybridized carbons (Fsp3) is 0.636.